The van der Waals surface area contributed by atoms with E-state index in [-0.39, 0.29) is 12.4 Å². The fourth-order valence-corrected chi connectivity index (χ4v) is 1.49. The third-order valence-corrected chi connectivity index (χ3v) is 2.29. The molecule has 0 bridgehead atoms. The molecule has 1 aromatic heterocycles. The lowest BCUT2D eigenvalue weighted by atomic mass is 10.1. The summed E-state index contributed by atoms with van der Waals surface area (Å²) >= 11 is 0. The Morgan fingerprint density at radius 1 is 1.41 bits per heavy atom. The fourth-order valence-electron chi connectivity index (χ4n) is 1.49. The molecule has 5 heteroatoms. The SMILES string of the molecule is COc1ncc(CN)nc1-c1cccc(F)c1. The summed E-state index contributed by atoms with van der Waals surface area (Å²) in [6.45, 7) is 0.277. The van der Waals surface area contributed by atoms with Crippen LogP contribution >= 0.6 is 0 Å². The van der Waals surface area contributed by atoms with E-state index in [4.69, 9.17) is 10.5 Å². The van der Waals surface area contributed by atoms with Gasteiger partial charge in [0, 0.05) is 12.1 Å². The van der Waals surface area contributed by atoms with Crippen molar-refractivity contribution in [2.45, 2.75) is 6.54 Å². The van der Waals surface area contributed by atoms with E-state index in [1.807, 2.05) is 0 Å². The quantitative estimate of drug-likeness (QED) is 0.877. The van der Waals surface area contributed by atoms with E-state index in [0.717, 1.165) is 0 Å². The topological polar surface area (TPSA) is 61.0 Å². The maximum Gasteiger partial charge on any atom is 0.240 e. The minimum absolute atomic E-state index is 0.277. The number of halogens is 1. The predicted molar refractivity (Wildman–Crippen MR) is 61.9 cm³/mol. The van der Waals surface area contributed by atoms with Crippen molar-refractivity contribution >= 4 is 0 Å². The van der Waals surface area contributed by atoms with Gasteiger partial charge in [0.2, 0.25) is 5.88 Å². The van der Waals surface area contributed by atoms with Crippen LogP contribution in [0.4, 0.5) is 4.39 Å². The first kappa shape index (κ1) is 11.5. The van der Waals surface area contributed by atoms with Gasteiger partial charge < -0.3 is 10.5 Å². The molecule has 0 unspecified atom stereocenters. The predicted octanol–water partition coefficient (Wildman–Crippen LogP) is 1.75. The Labute approximate surface area is 98.3 Å². The summed E-state index contributed by atoms with van der Waals surface area (Å²) in [5, 5.41) is 0. The Morgan fingerprint density at radius 3 is 2.88 bits per heavy atom. The molecule has 2 rings (SSSR count). The molecule has 0 saturated heterocycles. The number of ether oxygens (including phenoxy) is 1. The van der Waals surface area contributed by atoms with E-state index < -0.39 is 0 Å². The zero-order valence-electron chi connectivity index (χ0n) is 9.35. The minimum Gasteiger partial charge on any atom is -0.479 e. The van der Waals surface area contributed by atoms with Crippen molar-refractivity contribution in [1.29, 1.82) is 0 Å². The van der Waals surface area contributed by atoms with Crippen molar-refractivity contribution in [1.82, 2.24) is 9.97 Å². The standard InChI is InChI=1S/C12H12FN3O/c1-17-12-11(16-10(6-14)7-15-12)8-3-2-4-9(13)5-8/h2-5,7H,6,14H2,1H3. The molecule has 17 heavy (non-hydrogen) atoms. The maximum absolute atomic E-state index is 13.2. The summed E-state index contributed by atoms with van der Waals surface area (Å²) in [7, 11) is 1.49. The van der Waals surface area contributed by atoms with Gasteiger partial charge in [0.25, 0.3) is 0 Å². The number of benzene rings is 1. The highest BCUT2D eigenvalue weighted by Crippen LogP contribution is 2.26. The highest BCUT2D eigenvalue weighted by atomic mass is 19.1. The van der Waals surface area contributed by atoms with E-state index in [9.17, 15) is 4.39 Å². The first-order valence-corrected chi connectivity index (χ1v) is 5.10. The van der Waals surface area contributed by atoms with Gasteiger partial charge in [-0.05, 0) is 12.1 Å². The molecule has 0 saturated carbocycles. The average molecular weight is 233 g/mol. The second kappa shape index (κ2) is 4.88. The molecule has 0 amide bonds. The largest absolute Gasteiger partial charge is 0.479 e. The number of methoxy groups -OCH3 is 1. The van der Waals surface area contributed by atoms with Crippen molar-refractivity contribution in [3.63, 3.8) is 0 Å². The molecule has 0 spiro atoms. The van der Waals surface area contributed by atoms with Crippen LogP contribution in [0.15, 0.2) is 30.5 Å². The maximum atomic E-state index is 13.2. The molecule has 0 radical (unpaired) electrons. The summed E-state index contributed by atoms with van der Waals surface area (Å²) in [6, 6.07) is 6.11. The Bertz CT molecular complexity index is 531. The number of rotatable bonds is 3. The lowest BCUT2D eigenvalue weighted by Crippen LogP contribution is -2.03. The molecule has 1 heterocycles. The van der Waals surface area contributed by atoms with Gasteiger partial charge >= 0.3 is 0 Å². The molecule has 4 nitrogen and oxygen atoms in total. The van der Waals surface area contributed by atoms with Gasteiger partial charge in [0.1, 0.15) is 11.5 Å². The molecular formula is C12H12FN3O. The zero-order chi connectivity index (χ0) is 12.3. The summed E-state index contributed by atoms with van der Waals surface area (Å²) < 4.78 is 18.3. The molecule has 2 aromatic rings. The average Bonchev–Trinajstić information content (AvgIpc) is 2.38. The summed E-state index contributed by atoms with van der Waals surface area (Å²) in [4.78, 5) is 8.38. The molecule has 0 aliphatic heterocycles. The molecule has 0 fully saturated rings. The lowest BCUT2D eigenvalue weighted by molar-refractivity contribution is 0.397. The van der Waals surface area contributed by atoms with E-state index in [2.05, 4.69) is 9.97 Å². The summed E-state index contributed by atoms with van der Waals surface area (Å²) in [5.74, 6) is 0.0253. The number of nitrogens with two attached hydrogens (primary N) is 1. The Hall–Kier alpha value is -2.01. The van der Waals surface area contributed by atoms with Gasteiger partial charge in [-0.25, -0.2) is 14.4 Å². The Balaban J connectivity index is 2.56. The molecule has 0 aliphatic rings. The van der Waals surface area contributed by atoms with Gasteiger partial charge in [-0.2, -0.15) is 0 Å². The normalized spacial score (nSPS) is 10.3. The van der Waals surface area contributed by atoms with Crippen molar-refractivity contribution in [3.05, 3.63) is 42.0 Å². The first-order chi connectivity index (χ1) is 8.24. The molecule has 2 N–H and O–H groups in total. The second-order valence-corrected chi connectivity index (χ2v) is 3.43. The summed E-state index contributed by atoms with van der Waals surface area (Å²) in [5.41, 5.74) is 7.24. The van der Waals surface area contributed by atoms with Gasteiger partial charge in [-0.15, -0.1) is 0 Å². The Kier molecular flexibility index (Phi) is 3.30. The third kappa shape index (κ3) is 2.39. The molecular weight excluding hydrogens is 221 g/mol. The van der Waals surface area contributed by atoms with Crippen molar-refractivity contribution in [2.75, 3.05) is 7.11 Å². The fraction of sp³-hybridized carbons (Fsp3) is 0.167. The zero-order valence-corrected chi connectivity index (χ0v) is 9.35. The second-order valence-electron chi connectivity index (χ2n) is 3.43. The molecule has 0 aliphatic carbocycles. The first-order valence-electron chi connectivity index (χ1n) is 5.10. The van der Waals surface area contributed by atoms with E-state index in [1.54, 1.807) is 18.3 Å². The number of aromatic nitrogens is 2. The third-order valence-electron chi connectivity index (χ3n) is 2.29. The number of hydrogen-bond acceptors (Lipinski definition) is 4. The molecule has 1 aromatic carbocycles. The number of nitrogens with zero attached hydrogens (tertiary/aromatic N) is 2. The van der Waals surface area contributed by atoms with Gasteiger partial charge in [-0.1, -0.05) is 12.1 Å². The van der Waals surface area contributed by atoms with Gasteiger partial charge in [-0.3, -0.25) is 0 Å². The van der Waals surface area contributed by atoms with Crippen LogP contribution in [0.5, 0.6) is 5.88 Å². The summed E-state index contributed by atoms with van der Waals surface area (Å²) in [6.07, 6.45) is 1.54. The molecule has 0 atom stereocenters. The lowest BCUT2D eigenvalue weighted by Gasteiger charge is -2.08. The van der Waals surface area contributed by atoms with E-state index in [0.29, 0.717) is 22.8 Å². The van der Waals surface area contributed by atoms with Crippen molar-refractivity contribution in [3.8, 4) is 17.1 Å². The van der Waals surface area contributed by atoms with Crippen LogP contribution in [0.1, 0.15) is 5.69 Å². The van der Waals surface area contributed by atoms with Gasteiger partial charge in [0.15, 0.2) is 0 Å². The molecule has 88 valence electrons. The van der Waals surface area contributed by atoms with Crippen LogP contribution in [0.25, 0.3) is 11.3 Å². The minimum atomic E-state index is -0.329. The monoisotopic (exact) mass is 233 g/mol. The van der Waals surface area contributed by atoms with Crippen LogP contribution in [-0.2, 0) is 6.54 Å². The van der Waals surface area contributed by atoms with E-state index >= 15 is 0 Å². The number of hydrogen-bond donors (Lipinski definition) is 1. The van der Waals surface area contributed by atoms with Gasteiger partial charge in [0.05, 0.1) is 19.0 Å². The van der Waals surface area contributed by atoms with Crippen LogP contribution in [-0.4, -0.2) is 17.1 Å². The van der Waals surface area contributed by atoms with E-state index in [1.165, 1.54) is 19.2 Å². The van der Waals surface area contributed by atoms with Crippen molar-refractivity contribution < 1.29 is 9.13 Å². The highest BCUT2D eigenvalue weighted by molar-refractivity contribution is 5.64. The van der Waals surface area contributed by atoms with Crippen LogP contribution in [0, 0.1) is 5.82 Å². The highest BCUT2D eigenvalue weighted by Gasteiger charge is 2.10. The van der Waals surface area contributed by atoms with Crippen molar-refractivity contribution in [2.24, 2.45) is 5.73 Å². The van der Waals surface area contributed by atoms with Crippen LogP contribution < -0.4 is 10.5 Å². The van der Waals surface area contributed by atoms with Crippen LogP contribution in [0.2, 0.25) is 0 Å². The Morgan fingerprint density at radius 2 is 2.24 bits per heavy atom. The smallest absolute Gasteiger partial charge is 0.240 e. The van der Waals surface area contributed by atoms with Crippen LogP contribution in [0.3, 0.4) is 0 Å².